The first kappa shape index (κ1) is 14.7. The van der Waals surface area contributed by atoms with Gasteiger partial charge in [-0.1, -0.05) is 35.9 Å². The molecule has 0 heterocycles. The van der Waals surface area contributed by atoms with E-state index in [1.54, 1.807) is 17.1 Å². The molecule has 0 radical (unpaired) electrons. The lowest BCUT2D eigenvalue weighted by Crippen LogP contribution is -2.63. The third-order valence-corrected chi connectivity index (χ3v) is 5.66. The van der Waals surface area contributed by atoms with Gasteiger partial charge in [0, 0.05) is 18.2 Å². The van der Waals surface area contributed by atoms with Crippen molar-refractivity contribution in [3.63, 3.8) is 0 Å². The molecule has 1 amide bonds. The Labute approximate surface area is 136 Å². The third kappa shape index (κ3) is 2.62. The Morgan fingerprint density at radius 3 is 2.78 bits per heavy atom. The lowest BCUT2D eigenvalue weighted by Gasteiger charge is -2.61. The number of hydroxylamine groups is 1. The fraction of sp³-hybridized carbons (Fsp3) is 0.421. The fourth-order valence-electron chi connectivity index (χ4n) is 4.61. The molecule has 4 heteroatoms. The first-order chi connectivity index (χ1) is 11.2. The van der Waals surface area contributed by atoms with Gasteiger partial charge in [0.15, 0.2) is 0 Å². The minimum atomic E-state index is -0.519. The summed E-state index contributed by atoms with van der Waals surface area (Å²) in [5.74, 6) is 1.24. The summed E-state index contributed by atoms with van der Waals surface area (Å²) in [5, 5.41) is 12.3. The number of carbonyl (C=O) groups is 1. The van der Waals surface area contributed by atoms with E-state index in [1.165, 1.54) is 37.3 Å². The molecule has 2 saturated carbocycles. The highest BCUT2D eigenvalue weighted by Gasteiger charge is 2.55. The first-order valence-corrected chi connectivity index (χ1v) is 8.35. The van der Waals surface area contributed by atoms with Crippen LogP contribution in [0.2, 0.25) is 0 Å². The second-order valence-corrected chi connectivity index (χ2v) is 7.09. The molecule has 5 rings (SSSR count). The summed E-state index contributed by atoms with van der Waals surface area (Å²) in [5.41, 5.74) is 5.76. The second kappa shape index (κ2) is 5.62. The SMILES string of the molecule is O=C(/C=C/c1ccc(CNC23CC4CC=C2C(C4)C3)cc1)NO. The predicted molar refractivity (Wildman–Crippen MR) is 88.5 cm³/mol. The number of benzene rings is 1. The molecule has 1 aromatic carbocycles. The number of allylic oxidation sites excluding steroid dienone is 1. The van der Waals surface area contributed by atoms with Gasteiger partial charge in [-0.05, 0) is 54.7 Å². The van der Waals surface area contributed by atoms with Gasteiger partial charge in [0.25, 0.3) is 5.91 Å². The van der Waals surface area contributed by atoms with Gasteiger partial charge < -0.3 is 5.32 Å². The molecule has 0 saturated heterocycles. The van der Waals surface area contributed by atoms with E-state index in [1.807, 2.05) is 12.1 Å². The van der Waals surface area contributed by atoms with Crippen molar-refractivity contribution < 1.29 is 10.0 Å². The van der Waals surface area contributed by atoms with E-state index in [0.29, 0.717) is 5.54 Å². The Morgan fingerprint density at radius 2 is 2.13 bits per heavy atom. The second-order valence-electron chi connectivity index (χ2n) is 7.09. The predicted octanol–water partition coefficient (Wildman–Crippen LogP) is 2.79. The monoisotopic (exact) mass is 310 g/mol. The molecule has 4 bridgehead atoms. The van der Waals surface area contributed by atoms with E-state index in [0.717, 1.165) is 23.9 Å². The molecule has 120 valence electrons. The van der Waals surface area contributed by atoms with Crippen LogP contribution in [0.4, 0.5) is 0 Å². The smallest absolute Gasteiger partial charge is 0.267 e. The molecular formula is C19H22N2O2. The normalized spacial score (nSPS) is 30.9. The van der Waals surface area contributed by atoms with Gasteiger partial charge in [-0.3, -0.25) is 10.0 Å². The van der Waals surface area contributed by atoms with E-state index in [-0.39, 0.29) is 0 Å². The fourth-order valence-corrected chi connectivity index (χ4v) is 4.61. The maximum Gasteiger partial charge on any atom is 0.267 e. The number of hydrogen-bond acceptors (Lipinski definition) is 3. The maximum absolute atomic E-state index is 11.0. The van der Waals surface area contributed by atoms with Gasteiger partial charge in [-0.15, -0.1) is 0 Å². The number of fused-ring (bicyclic) bond motifs is 1. The number of carbonyl (C=O) groups excluding carboxylic acids is 1. The summed E-state index contributed by atoms with van der Waals surface area (Å²) >= 11 is 0. The van der Waals surface area contributed by atoms with Crippen molar-refractivity contribution in [3.05, 3.63) is 53.1 Å². The number of amides is 1. The molecule has 0 aromatic heterocycles. The van der Waals surface area contributed by atoms with Crippen LogP contribution in [0.5, 0.6) is 0 Å². The number of nitrogens with one attached hydrogen (secondary N) is 2. The van der Waals surface area contributed by atoms with E-state index in [4.69, 9.17) is 5.21 Å². The minimum absolute atomic E-state index is 0.295. The molecule has 4 aliphatic rings. The van der Waals surface area contributed by atoms with Crippen LogP contribution in [0.15, 0.2) is 42.0 Å². The summed E-state index contributed by atoms with van der Waals surface area (Å²) in [4.78, 5) is 11.0. The van der Waals surface area contributed by atoms with E-state index in [2.05, 4.69) is 23.5 Å². The van der Waals surface area contributed by atoms with Crippen LogP contribution in [0, 0.1) is 11.8 Å². The van der Waals surface area contributed by atoms with Crippen molar-refractivity contribution in [2.24, 2.45) is 11.8 Å². The Bertz CT molecular complexity index is 677. The number of hydrogen-bond donors (Lipinski definition) is 3. The van der Waals surface area contributed by atoms with Crippen molar-refractivity contribution >= 4 is 12.0 Å². The molecule has 1 aromatic rings. The molecule has 0 spiro atoms. The van der Waals surface area contributed by atoms with Gasteiger partial charge in [-0.25, -0.2) is 5.48 Å². The molecule has 3 N–H and O–H groups in total. The van der Waals surface area contributed by atoms with Crippen LogP contribution in [0.1, 0.15) is 36.8 Å². The molecule has 3 unspecified atom stereocenters. The zero-order chi connectivity index (χ0) is 15.9. The van der Waals surface area contributed by atoms with Gasteiger partial charge in [-0.2, -0.15) is 0 Å². The topological polar surface area (TPSA) is 61.4 Å². The Hall–Kier alpha value is -1.91. The Kier molecular flexibility index (Phi) is 3.58. The third-order valence-electron chi connectivity index (χ3n) is 5.66. The highest BCUT2D eigenvalue weighted by Crippen LogP contribution is 2.59. The standard InChI is InChI=1S/C19H22N2O2/c22-18(21-23)8-6-13-1-3-14(4-2-13)12-20-19-10-15-5-7-17(19)16(9-15)11-19/h1-4,6-8,15-16,20,23H,5,9-12H2,(H,21,22)/b8-6+. The summed E-state index contributed by atoms with van der Waals surface area (Å²) in [6, 6.07) is 8.16. The van der Waals surface area contributed by atoms with Crippen LogP contribution < -0.4 is 10.8 Å². The molecule has 0 aliphatic heterocycles. The summed E-state index contributed by atoms with van der Waals surface area (Å²) in [6.45, 7) is 0.887. The molecule has 4 aliphatic carbocycles. The van der Waals surface area contributed by atoms with E-state index < -0.39 is 5.91 Å². The molecule has 4 nitrogen and oxygen atoms in total. The number of rotatable bonds is 5. The molecule has 2 fully saturated rings. The maximum atomic E-state index is 11.0. The van der Waals surface area contributed by atoms with Crippen molar-refractivity contribution in [3.8, 4) is 0 Å². The quantitative estimate of drug-likeness (QED) is 0.339. The summed E-state index contributed by atoms with van der Waals surface area (Å²) < 4.78 is 0. The Balaban J connectivity index is 1.37. The van der Waals surface area contributed by atoms with Crippen molar-refractivity contribution in [2.75, 3.05) is 0 Å². The highest BCUT2D eigenvalue weighted by molar-refractivity contribution is 5.90. The summed E-state index contributed by atoms with van der Waals surface area (Å²) in [7, 11) is 0. The van der Waals surface area contributed by atoms with Crippen molar-refractivity contribution in [1.29, 1.82) is 0 Å². The largest absolute Gasteiger partial charge is 0.304 e. The van der Waals surface area contributed by atoms with Crippen molar-refractivity contribution in [1.82, 2.24) is 10.8 Å². The van der Waals surface area contributed by atoms with Crippen LogP contribution in [-0.2, 0) is 11.3 Å². The molecule has 3 atom stereocenters. The zero-order valence-electron chi connectivity index (χ0n) is 13.1. The lowest BCUT2D eigenvalue weighted by atomic mass is 9.49. The zero-order valence-corrected chi connectivity index (χ0v) is 13.1. The molecule has 23 heavy (non-hydrogen) atoms. The van der Waals surface area contributed by atoms with Crippen LogP contribution in [0.25, 0.3) is 6.08 Å². The van der Waals surface area contributed by atoms with E-state index in [9.17, 15) is 4.79 Å². The van der Waals surface area contributed by atoms with E-state index >= 15 is 0 Å². The molecular weight excluding hydrogens is 288 g/mol. The lowest BCUT2D eigenvalue weighted by molar-refractivity contribution is -0.124. The van der Waals surface area contributed by atoms with Gasteiger partial charge >= 0.3 is 0 Å². The Morgan fingerprint density at radius 1 is 1.30 bits per heavy atom. The highest BCUT2D eigenvalue weighted by atomic mass is 16.5. The van der Waals surface area contributed by atoms with Gasteiger partial charge in [0.1, 0.15) is 0 Å². The minimum Gasteiger partial charge on any atom is -0.304 e. The van der Waals surface area contributed by atoms with Crippen LogP contribution >= 0.6 is 0 Å². The van der Waals surface area contributed by atoms with Gasteiger partial charge in [0.05, 0.1) is 0 Å². The first-order valence-electron chi connectivity index (χ1n) is 8.35. The summed E-state index contributed by atoms with van der Waals surface area (Å²) in [6.07, 6.45) is 10.8. The average molecular weight is 310 g/mol. The van der Waals surface area contributed by atoms with Crippen LogP contribution in [-0.4, -0.2) is 16.7 Å². The van der Waals surface area contributed by atoms with Gasteiger partial charge in [0.2, 0.25) is 0 Å². The average Bonchev–Trinajstić information content (AvgIpc) is 2.58. The van der Waals surface area contributed by atoms with Crippen molar-refractivity contribution in [2.45, 2.75) is 37.8 Å². The van der Waals surface area contributed by atoms with Crippen LogP contribution in [0.3, 0.4) is 0 Å².